The van der Waals surface area contributed by atoms with E-state index in [0.29, 0.717) is 22.5 Å². The Morgan fingerprint density at radius 1 is 1.19 bits per heavy atom. The van der Waals surface area contributed by atoms with Crippen molar-refractivity contribution in [1.82, 2.24) is 5.32 Å². The average Bonchev–Trinajstić information content (AvgIpc) is 2.89. The zero-order chi connectivity index (χ0) is 15.5. The Balaban J connectivity index is 2.19. The van der Waals surface area contributed by atoms with Gasteiger partial charge in [-0.3, -0.25) is 4.72 Å². The van der Waals surface area contributed by atoms with Crippen LogP contribution in [-0.2, 0) is 16.6 Å². The van der Waals surface area contributed by atoms with Gasteiger partial charge in [-0.25, -0.2) is 0 Å². The van der Waals surface area contributed by atoms with E-state index in [2.05, 4.69) is 41.9 Å². The van der Waals surface area contributed by atoms with E-state index in [0.717, 1.165) is 11.0 Å². The van der Waals surface area contributed by atoms with Crippen molar-refractivity contribution in [2.75, 3.05) is 11.3 Å². The van der Waals surface area contributed by atoms with E-state index in [4.69, 9.17) is 4.42 Å². The molecule has 1 aromatic carbocycles. The highest BCUT2D eigenvalue weighted by Gasteiger charge is 2.20. The van der Waals surface area contributed by atoms with Gasteiger partial charge in [-0.2, -0.15) is 8.42 Å². The first-order valence-electron chi connectivity index (χ1n) is 6.19. The van der Waals surface area contributed by atoms with Crippen LogP contribution in [-0.4, -0.2) is 15.0 Å². The molecule has 8 heteroatoms. The lowest BCUT2D eigenvalue weighted by atomic mass is 10.3. The summed E-state index contributed by atoms with van der Waals surface area (Å²) in [5.74, 6) is 0.576. The van der Waals surface area contributed by atoms with Crippen molar-refractivity contribution < 1.29 is 12.8 Å². The first-order chi connectivity index (χ1) is 9.92. The molecule has 0 spiro atoms. The van der Waals surface area contributed by atoms with E-state index >= 15 is 0 Å². The van der Waals surface area contributed by atoms with Gasteiger partial charge in [-0.15, -0.1) is 0 Å². The standard InChI is InChI=1S/C13H14Br2N2O3S/c1-2-16-8-10-4-6-13(20-10)21(18,19)17-12-5-3-9(14)7-11(12)15/h3-7,16-17H,2,8H2,1H3. The molecule has 1 heterocycles. The van der Waals surface area contributed by atoms with Gasteiger partial charge in [0.25, 0.3) is 10.0 Å². The fourth-order valence-corrected chi connectivity index (χ4v) is 3.92. The molecule has 0 radical (unpaired) electrons. The smallest absolute Gasteiger partial charge is 0.295 e. The molecule has 2 aromatic rings. The Kier molecular flexibility index (Phi) is 5.48. The fourth-order valence-electron chi connectivity index (χ4n) is 1.61. The molecule has 0 aliphatic heterocycles. The molecule has 0 bridgehead atoms. The molecule has 0 amide bonds. The van der Waals surface area contributed by atoms with Gasteiger partial charge < -0.3 is 9.73 Å². The van der Waals surface area contributed by atoms with Crippen molar-refractivity contribution in [3.63, 3.8) is 0 Å². The van der Waals surface area contributed by atoms with Crippen LogP contribution in [0, 0.1) is 0 Å². The first kappa shape index (κ1) is 16.5. The maximum atomic E-state index is 12.3. The summed E-state index contributed by atoms with van der Waals surface area (Å²) < 4.78 is 33.9. The number of nitrogens with one attached hydrogen (secondary N) is 2. The van der Waals surface area contributed by atoms with Crippen molar-refractivity contribution in [2.24, 2.45) is 0 Å². The van der Waals surface area contributed by atoms with Crippen molar-refractivity contribution in [3.05, 3.63) is 45.0 Å². The summed E-state index contributed by atoms with van der Waals surface area (Å²) in [6.07, 6.45) is 0. The van der Waals surface area contributed by atoms with E-state index < -0.39 is 10.0 Å². The van der Waals surface area contributed by atoms with E-state index in [1.165, 1.54) is 6.07 Å². The molecular formula is C13H14Br2N2O3S. The molecule has 114 valence electrons. The second-order valence-electron chi connectivity index (χ2n) is 4.23. The third-order valence-electron chi connectivity index (χ3n) is 2.63. The van der Waals surface area contributed by atoms with Crippen LogP contribution in [0.5, 0.6) is 0 Å². The van der Waals surface area contributed by atoms with Crippen molar-refractivity contribution in [1.29, 1.82) is 0 Å². The number of furan rings is 1. The molecule has 0 aliphatic rings. The van der Waals surface area contributed by atoms with Gasteiger partial charge in [0, 0.05) is 8.95 Å². The van der Waals surface area contributed by atoms with E-state index in [-0.39, 0.29) is 5.09 Å². The highest BCUT2D eigenvalue weighted by molar-refractivity contribution is 9.11. The second-order valence-corrected chi connectivity index (χ2v) is 7.61. The SMILES string of the molecule is CCNCc1ccc(S(=O)(=O)Nc2ccc(Br)cc2Br)o1. The molecule has 0 atom stereocenters. The fraction of sp³-hybridized carbons (Fsp3) is 0.231. The summed E-state index contributed by atoms with van der Waals surface area (Å²) in [6, 6.07) is 8.27. The normalized spacial score (nSPS) is 11.6. The van der Waals surface area contributed by atoms with Crippen LogP contribution in [0.4, 0.5) is 5.69 Å². The first-order valence-corrected chi connectivity index (χ1v) is 9.26. The predicted octanol–water partition coefficient (Wildman–Crippen LogP) is 3.71. The summed E-state index contributed by atoms with van der Waals surface area (Å²) in [7, 11) is -3.74. The molecule has 0 saturated heterocycles. The lowest BCUT2D eigenvalue weighted by molar-refractivity contribution is 0.405. The molecule has 0 aliphatic carbocycles. The number of sulfonamides is 1. The zero-order valence-corrected chi connectivity index (χ0v) is 15.2. The maximum Gasteiger partial charge on any atom is 0.295 e. The van der Waals surface area contributed by atoms with Gasteiger partial charge in [0.1, 0.15) is 5.76 Å². The monoisotopic (exact) mass is 436 g/mol. The van der Waals surface area contributed by atoms with Gasteiger partial charge in [0.15, 0.2) is 0 Å². The number of hydrogen-bond acceptors (Lipinski definition) is 4. The third kappa shape index (κ3) is 4.32. The molecule has 21 heavy (non-hydrogen) atoms. The van der Waals surface area contributed by atoms with Crippen LogP contribution < -0.4 is 10.0 Å². The van der Waals surface area contributed by atoms with Crippen LogP contribution in [0.15, 0.2) is 48.8 Å². The van der Waals surface area contributed by atoms with Gasteiger partial charge in [-0.1, -0.05) is 22.9 Å². The average molecular weight is 438 g/mol. The van der Waals surface area contributed by atoms with Crippen LogP contribution in [0.25, 0.3) is 0 Å². The van der Waals surface area contributed by atoms with Gasteiger partial charge in [-0.05, 0) is 52.8 Å². The highest BCUT2D eigenvalue weighted by Crippen LogP contribution is 2.28. The summed E-state index contributed by atoms with van der Waals surface area (Å²) in [6.45, 7) is 3.24. The minimum absolute atomic E-state index is 0.106. The number of benzene rings is 1. The number of hydrogen-bond donors (Lipinski definition) is 2. The molecule has 2 N–H and O–H groups in total. The largest absolute Gasteiger partial charge is 0.446 e. The highest BCUT2D eigenvalue weighted by atomic mass is 79.9. The van der Waals surface area contributed by atoms with E-state index in [9.17, 15) is 8.42 Å². The van der Waals surface area contributed by atoms with Crippen molar-refractivity contribution >= 4 is 47.6 Å². The van der Waals surface area contributed by atoms with Crippen molar-refractivity contribution in [3.8, 4) is 0 Å². The Bertz CT molecular complexity index is 729. The Hall–Kier alpha value is -0.830. The molecule has 5 nitrogen and oxygen atoms in total. The number of anilines is 1. The quantitative estimate of drug-likeness (QED) is 0.722. The molecule has 0 fully saturated rings. The van der Waals surface area contributed by atoms with Gasteiger partial charge >= 0.3 is 0 Å². The lowest BCUT2D eigenvalue weighted by Gasteiger charge is -2.08. The molecule has 0 unspecified atom stereocenters. The van der Waals surface area contributed by atoms with E-state index in [1.807, 2.05) is 6.92 Å². The third-order valence-corrected chi connectivity index (χ3v) is 5.01. The predicted molar refractivity (Wildman–Crippen MR) is 88.7 cm³/mol. The van der Waals surface area contributed by atoms with E-state index in [1.54, 1.807) is 24.3 Å². The number of rotatable bonds is 6. The minimum atomic E-state index is -3.74. The number of halogens is 2. The summed E-state index contributed by atoms with van der Waals surface area (Å²) in [5, 5.41) is 2.97. The second kappa shape index (κ2) is 6.95. The summed E-state index contributed by atoms with van der Waals surface area (Å²) in [5.41, 5.74) is 0.447. The summed E-state index contributed by atoms with van der Waals surface area (Å²) >= 11 is 6.63. The van der Waals surface area contributed by atoms with Crippen molar-refractivity contribution in [2.45, 2.75) is 18.6 Å². The summed E-state index contributed by atoms with van der Waals surface area (Å²) in [4.78, 5) is 0. The van der Waals surface area contributed by atoms with Crippen LogP contribution in [0.3, 0.4) is 0 Å². The topological polar surface area (TPSA) is 71.3 Å². The lowest BCUT2D eigenvalue weighted by Crippen LogP contribution is -2.13. The Morgan fingerprint density at radius 3 is 2.62 bits per heavy atom. The molecule has 1 aromatic heterocycles. The molecule has 0 saturated carbocycles. The van der Waals surface area contributed by atoms with Crippen LogP contribution in [0.1, 0.15) is 12.7 Å². The minimum Gasteiger partial charge on any atom is -0.446 e. The molecular weight excluding hydrogens is 424 g/mol. The zero-order valence-electron chi connectivity index (χ0n) is 11.2. The van der Waals surface area contributed by atoms with Crippen LogP contribution in [0.2, 0.25) is 0 Å². The Labute approximate surface area is 140 Å². The molecule has 2 rings (SSSR count). The maximum absolute atomic E-state index is 12.3. The van der Waals surface area contributed by atoms with Crippen LogP contribution >= 0.6 is 31.9 Å². The van der Waals surface area contributed by atoms with Gasteiger partial charge in [0.05, 0.1) is 12.2 Å². The Morgan fingerprint density at radius 2 is 1.95 bits per heavy atom. The van der Waals surface area contributed by atoms with Gasteiger partial charge in [0.2, 0.25) is 5.09 Å².